The van der Waals surface area contributed by atoms with Crippen molar-refractivity contribution in [3.05, 3.63) is 35.4 Å². The summed E-state index contributed by atoms with van der Waals surface area (Å²) in [6.07, 6.45) is -5.23. The van der Waals surface area contributed by atoms with Crippen molar-refractivity contribution in [2.24, 2.45) is 5.73 Å². The predicted octanol–water partition coefficient (Wildman–Crippen LogP) is 2.41. The molecule has 1 saturated heterocycles. The quantitative estimate of drug-likeness (QED) is 0.886. The molecule has 0 spiro atoms. The Bertz CT molecular complexity index is 459. The standard InChI is InChI=1S/C12H12F3NO2/c13-12(14,15)8-4-2-1-3-7(8)9-5-6-10(18-9)11(16)17/h1-4,9-10H,5-6H2,(H2,16,17)/t9-,10+/m1/s1. The molecule has 0 aromatic heterocycles. The van der Waals surface area contributed by atoms with Crippen LogP contribution < -0.4 is 5.73 Å². The highest BCUT2D eigenvalue weighted by molar-refractivity contribution is 5.79. The SMILES string of the molecule is NC(=O)[C@@H]1CC[C@H](c2ccccc2C(F)(F)F)O1. The van der Waals surface area contributed by atoms with Crippen LogP contribution in [0.5, 0.6) is 0 Å². The minimum Gasteiger partial charge on any atom is -0.367 e. The summed E-state index contributed by atoms with van der Waals surface area (Å²) >= 11 is 0. The molecule has 1 aliphatic heterocycles. The van der Waals surface area contributed by atoms with E-state index < -0.39 is 29.9 Å². The third-order valence-electron chi connectivity index (χ3n) is 2.95. The summed E-state index contributed by atoms with van der Waals surface area (Å²) in [5.74, 6) is -0.637. The minimum absolute atomic E-state index is 0.0637. The molecule has 3 nitrogen and oxygen atoms in total. The molecule has 6 heteroatoms. The molecule has 0 radical (unpaired) electrons. The molecule has 2 rings (SSSR count). The number of ether oxygens (including phenoxy) is 1. The van der Waals surface area contributed by atoms with E-state index in [0.29, 0.717) is 12.8 Å². The van der Waals surface area contributed by atoms with E-state index in [1.165, 1.54) is 18.2 Å². The molecule has 1 amide bonds. The third-order valence-corrected chi connectivity index (χ3v) is 2.95. The van der Waals surface area contributed by atoms with Gasteiger partial charge >= 0.3 is 6.18 Å². The number of hydrogen-bond acceptors (Lipinski definition) is 2. The van der Waals surface area contributed by atoms with E-state index >= 15 is 0 Å². The summed E-state index contributed by atoms with van der Waals surface area (Å²) in [5, 5.41) is 0. The molecule has 1 heterocycles. The van der Waals surface area contributed by atoms with E-state index in [4.69, 9.17) is 10.5 Å². The van der Waals surface area contributed by atoms with E-state index in [1.807, 2.05) is 0 Å². The van der Waals surface area contributed by atoms with E-state index in [-0.39, 0.29) is 5.56 Å². The van der Waals surface area contributed by atoms with Gasteiger partial charge in [-0.2, -0.15) is 13.2 Å². The largest absolute Gasteiger partial charge is 0.416 e. The first-order valence-electron chi connectivity index (χ1n) is 5.50. The molecule has 1 aromatic rings. The Labute approximate surface area is 102 Å². The smallest absolute Gasteiger partial charge is 0.367 e. The summed E-state index contributed by atoms with van der Waals surface area (Å²) in [4.78, 5) is 10.9. The van der Waals surface area contributed by atoms with Gasteiger partial charge in [0.25, 0.3) is 0 Å². The number of carbonyl (C=O) groups excluding carboxylic acids is 1. The fourth-order valence-corrected chi connectivity index (χ4v) is 2.11. The van der Waals surface area contributed by atoms with Gasteiger partial charge in [-0.05, 0) is 24.5 Å². The number of rotatable bonds is 2. The highest BCUT2D eigenvalue weighted by atomic mass is 19.4. The molecule has 1 aromatic carbocycles. The first-order valence-corrected chi connectivity index (χ1v) is 5.50. The zero-order valence-electron chi connectivity index (χ0n) is 9.41. The number of alkyl halides is 3. The first-order chi connectivity index (χ1) is 8.39. The van der Waals surface area contributed by atoms with Crippen LogP contribution in [0.25, 0.3) is 0 Å². The lowest BCUT2D eigenvalue weighted by atomic mass is 10.00. The van der Waals surface area contributed by atoms with E-state index in [0.717, 1.165) is 6.07 Å². The van der Waals surface area contributed by atoms with Gasteiger partial charge in [-0.1, -0.05) is 18.2 Å². The number of carbonyl (C=O) groups is 1. The van der Waals surface area contributed by atoms with Crippen molar-refractivity contribution in [3.63, 3.8) is 0 Å². The summed E-state index contributed by atoms with van der Waals surface area (Å²) in [6.45, 7) is 0. The second kappa shape index (κ2) is 4.61. The number of primary amides is 1. The molecular weight excluding hydrogens is 247 g/mol. The third kappa shape index (κ3) is 2.48. The van der Waals surface area contributed by atoms with E-state index in [2.05, 4.69) is 0 Å². The van der Waals surface area contributed by atoms with Gasteiger partial charge in [0, 0.05) is 0 Å². The predicted molar refractivity (Wildman–Crippen MR) is 57.5 cm³/mol. The average Bonchev–Trinajstić information content (AvgIpc) is 2.77. The molecule has 2 atom stereocenters. The molecule has 1 fully saturated rings. The van der Waals surface area contributed by atoms with Crippen LogP contribution in [0.3, 0.4) is 0 Å². The van der Waals surface area contributed by atoms with Crippen LogP contribution in [0.2, 0.25) is 0 Å². The fourth-order valence-electron chi connectivity index (χ4n) is 2.11. The van der Waals surface area contributed by atoms with Crippen LogP contribution in [0.4, 0.5) is 13.2 Å². The van der Waals surface area contributed by atoms with Crippen molar-refractivity contribution in [3.8, 4) is 0 Å². The Balaban J connectivity index is 2.27. The van der Waals surface area contributed by atoms with Crippen molar-refractivity contribution >= 4 is 5.91 Å². The molecule has 2 N–H and O–H groups in total. The summed E-state index contributed by atoms with van der Waals surface area (Å²) < 4.78 is 43.7. The van der Waals surface area contributed by atoms with Crippen molar-refractivity contribution < 1.29 is 22.7 Å². The van der Waals surface area contributed by atoms with Gasteiger partial charge in [0.15, 0.2) is 0 Å². The molecule has 0 bridgehead atoms. The Morgan fingerprint density at radius 2 is 1.94 bits per heavy atom. The molecule has 0 saturated carbocycles. The van der Waals surface area contributed by atoms with Crippen molar-refractivity contribution in [2.75, 3.05) is 0 Å². The normalized spacial score (nSPS) is 24.2. The van der Waals surface area contributed by atoms with Crippen LogP contribution >= 0.6 is 0 Å². The highest BCUT2D eigenvalue weighted by Gasteiger charge is 2.38. The zero-order chi connectivity index (χ0) is 13.3. The number of hydrogen-bond donors (Lipinski definition) is 1. The minimum atomic E-state index is -4.43. The van der Waals surface area contributed by atoms with Crippen LogP contribution in [0.1, 0.15) is 30.1 Å². The fraction of sp³-hybridized carbons (Fsp3) is 0.417. The molecular formula is C12H12F3NO2. The zero-order valence-corrected chi connectivity index (χ0v) is 9.41. The number of benzene rings is 1. The molecule has 0 unspecified atom stereocenters. The maximum absolute atomic E-state index is 12.8. The molecule has 0 aliphatic carbocycles. The summed E-state index contributed by atoms with van der Waals surface area (Å²) in [5.41, 5.74) is 4.42. The lowest BCUT2D eigenvalue weighted by molar-refractivity contribution is -0.139. The van der Waals surface area contributed by atoms with E-state index in [9.17, 15) is 18.0 Å². The number of halogens is 3. The van der Waals surface area contributed by atoms with Gasteiger partial charge in [-0.3, -0.25) is 4.79 Å². The lowest BCUT2D eigenvalue weighted by Gasteiger charge is -2.17. The molecule has 1 aliphatic rings. The van der Waals surface area contributed by atoms with Crippen molar-refractivity contribution in [1.82, 2.24) is 0 Å². The maximum atomic E-state index is 12.8. The van der Waals surface area contributed by atoms with Crippen LogP contribution in [-0.2, 0) is 15.7 Å². The summed E-state index contributed by atoms with van der Waals surface area (Å²) in [6, 6.07) is 5.23. The van der Waals surface area contributed by atoms with Gasteiger partial charge in [-0.15, -0.1) is 0 Å². The van der Waals surface area contributed by atoms with Gasteiger partial charge in [0.2, 0.25) is 5.91 Å². The number of nitrogens with two attached hydrogens (primary N) is 1. The second-order valence-electron chi connectivity index (χ2n) is 4.18. The first kappa shape index (κ1) is 12.9. The Kier molecular flexibility index (Phi) is 3.30. The maximum Gasteiger partial charge on any atom is 0.416 e. The van der Waals surface area contributed by atoms with Crippen LogP contribution in [0, 0.1) is 0 Å². The summed E-state index contributed by atoms with van der Waals surface area (Å²) in [7, 11) is 0. The monoisotopic (exact) mass is 259 g/mol. The lowest BCUT2D eigenvalue weighted by Crippen LogP contribution is -2.27. The molecule has 18 heavy (non-hydrogen) atoms. The average molecular weight is 259 g/mol. The van der Waals surface area contributed by atoms with Crippen LogP contribution in [0.15, 0.2) is 24.3 Å². The van der Waals surface area contributed by atoms with Gasteiger partial charge in [-0.25, -0.2) is 0 Å². The van der Waals surface area contributed by atoms with E-state index in [1.54, 1.807) is 0 Å². The van der Waals surface area contributed by atoms with Crippen molar-refractivity contribution in [1.29, 1.82) is 0 Å². The number of amides is 1. The van der Waals surface area contributed by atoms with Gasteiger partial charge < -0.3 is 10.5 Å². The van der Waals surface area contributed by atoms with Gasteiger partial charge in [0.05, 0.1) is 11.7 Å². The molecule has 98 valence electrons. The Morgan fingerprint density at radius 3 is 2.50 bits per heavy atom. The topological polar surface area (TPSA) is 52.3 Å². The second-order valence-corrected chi connectivity index (χ2v) is 4.18. The van der Waals surface area contributed by atoms with Gasteiger partial charge in [0.1, 0.15) is 6.10 Å². The van der Waals surface area contributed by atoms with Crippen molar-refractivity contribution in [2.45, 2.75) is 31.2 Å². The Morgan fingerprint density at radius 1 is 1.28 bits per heavy atom. The Hall–Kier alpha value is -1.56. The highest BCUT2D eigenvalue weighted by Crippen LogP contribution is 2.40. The van der Waals surface area contributed by atoms with Crippen LogP contribution in [-0.4, -0.2) is 12.0 Å².